The average Bonchev–Trinajstić information content (AvgIpc) is 2.29. The molecule has 1 aromatic rings. The van der Waals surface area contributed by atoms with Crippen molar-refractivity contribution >= 4 is 56.4 Å². The second-order valence-corrected chi connectivity index (χ2v) is 4.40. The molecule has 0 saturated carbocycles. The Kier molecular flexibility index (Phi) is 4.75. The maximum atomic E-state index is 8.64. The average molecular weight is 335 g/mol. The standard InChI is InChI=1S/C9H6BrCl2N5/c10-7-4(11)1-2-5(8(7)12)16-17-6(3-13)9(14)15/h1-2,16H,(H3,14,15)/b17-6+. The van der Waals surface area contributed by atoms with Crippen molar-refractivity contribution in [1.29, 1.82) is 10.7 Å². The molecule has 17 heavy (non-hydrogen) atoms. The number of rotatable bonds is 3. The van der Waals surface area contributed by atoms with Crippen LogP contribution in [0.4, 0.5) is 5.69 Å². The number of nitrogens with zero attached hydrogens (tertiary/aromatic N) is 2. The van der Waals surface area contributed by atoms with Crippen molar-refractivity contribution in [2.45, 2.75) is 0 Å². The molecule has 0 saturated heterocycles. The fourth-order valence-corrected chi connectivity index (χ4v) is 1.63. The topological polar surface area (TPSA) is 98.0 Å². The number of hydrogen-bond acceptors (Lipinski definition) is 4. The predicted octanol–water partition coefficient (Wildman–Crippen LogP) is 2.98. The molecule has 0 spiro atoms. The summed E-state index contributed by atoms with van der Waals surface area (Å²) in [6.45, 7) is 0. The molecular formula is C9H6BrCl2N5. The van der Waals surface area contributed by atoms with Gasteiger partial charge in [-0.05, 0) is 28.1 Å². The van der Waals surface area contributed by atoms with Gasteiger partial charge in [-0.2, -0.15) is 10.4 Å². The van der Waals surface area contributed by atoms with Gasteiger partial charge in [0.05, 0.1) is 20.2 Å². The van der Waals surface area contributed by atoms with Crippen LogP contribution in [0, 0.1) is 16.7 Å². The molecule has 8 heteroatoms. The molecule has 88 valence electrons. The Hall–Kier alpha value is -1.29. The zero-order chi connectivity index (χ0) is 13.0. The Bertz CT molecular complexity index is 535. The van der Waals surface area contributed by atoms with Gasteiger partial charge in [-0.3, -0.25) is 10.8 Å². The summed E-state index contributed by atoms with van der Waals surface area (Å²) in [6.07, 6.45) is 0. The minimum atomic E-state index is -0.427. The summed E-state index contributed by atoms with van der Waals surface area (Å²) in [5.41, 5.74) is 7.88. The molecule has 0 heterocycles. The SMILES string of the molecule is N#C/C(=N\Nc1ccc(Cl)c(Br)c1Cl)C(=N)N. The summed E-state index contributed by atoms with van der Waals surface area (Å²) in [5.74, 6) is -0.427. The van der Waals surface area contributed by atoms with Gasteiger partial charge >= 0.3 is 0 Å². The van der Waals surface area contributed by atoms with E-state index in [1.54, 1.807) is 18.2 Å². The number of halogens is 3. The van der Waals surface area contributed by atoms with E-state index in [4.69, 9.17) is 39.6 Å². The highest BCUT2D eigenvalue weighted by atomic mass is 79.9. The third-order valence-electron chi connectivity index (χ3n) is 1.68. The van der Waals surface area contributed by atoms with E-state index in [0.717, 1.165) is 0 Å². The molecule has 0 radical (unpaired) electrons. The van der Waals surface area contributed by atoms with Crippen molar-refractivity contribution in [1.82, 2.24) is 0 Å². The van der Waals surface area contributed by atoms with E-state index >= 15 is 0 Å². The van der Waals surface area contributed by atoms with Crippen LogP contribution < -0.4 is 11.2 Å². The molecule has 0 aliphatic carbocycles. The number of nitriles is 1. The van der Waals surface area contributed by atoms with Crippen molar-refractivity contribution < 1.29 is 0 Å². The van der Waals surface area contributed by atoms with Crippen LogP contribution in [0.5, 0.6) is 0 Å². The smallest absolute Gasteiger partial charge is 0.201 e. The summed E-state index contributed by atoms with van der Waals surface area (Å²) in [5, 5.41) is 20.1. The van der Waals surface area contributed by atoms with Gasteiger partial charge in [-0.15, -0.1) is 0 Å². The number of nitrogens with one attached hydrogen (secondary N) is 2. The van der Waals surface area contributed by atoms with E-state index in [0.29, 0.717) is 20.2 Å². The summed E-state index contributed by atoms with van der Waals surface area (Å²) in [4.78, 5) is 0. The number of hydrazone groups is 1. The van der Waals surface area contributed by atoms with Crippen molar-refractivity contribution in [3.63, 3.8) is 0 Å². The summed E-state index contributed by atoms with van der Waals surface area (Å²) >= 11 is 15.0. The second kappa shape index (κ2) is 5.87. The van der Waals surface area contributed by atoms with Crippen LogP contribution in [0.1, 0.15) is 0 Å². The second-order valence-electron chi connectivity index (χ2n) is 2.82. The highest BCUT2D eigenvalue weighted by Gasteiger charge is 2.08. The van der Waals surface area contributed by atoms with Crippen molar-refractivity contribution in [2.24, 2.45) is 10.8 Å². The normalized spacial score (nSPS) is 10.8. The van der Waals surface area contributed by atoms with E-state index in [1.807, 2.05) is 0 Å². The van der Waals surface area contributed by atoms with E-state index < -0.39 is 5.84 Å². The molecule has 4 N–H and O–H groups in total. The number of anilines is 1. The molecule has 0 aliphatic heterocycles. The Balaban J connectivity index is 3.02. The molecule has 0 unspecified atom stereocenters. The molecular weight excluding hydrogens is 329 g/mol. The summed E-state index contributed by atoms with van der Waals surface area (Å²) in [6, 6.07) is 4.87. The first-order chi connectivity index (χ1) is 7.97. The molecule has 0 aromatic heterocycles. The van der Waals surface area contributed by atoms with Gasteiger partial charge in [0.25, 0.3) is 0 Å². The van der Waals surface area contributed by atoms with Gasteiger partial charge in [0.15, 0.2) is 5.84 Å². The number of benzene rings is 1. The molecule has 0 amide bonds. The molecule has 5 nitrogen and oxygen atoms in total. The largest absolute Gasteiger partial charge is 0.382 e. The zero-order valence-corrected chi connectivity index (χ0v) is 11.4. The summed E-state index contributed by atoms with van der Waals surface area (Å²) < 4.78 is 0.516. The van der Waals surface area contributed by atoms with Crippen LogP contribution in [0.25, 0.3) is 0 Å². The summed E-state index contributed by atoms with van der Waals surface area (Å²) in [7, 11) is 0. The van der Waals surface area contributed by atoms with E-state index in [2.05, 4.69) is 26.5 Å². The zero-order valence-electron chi connectivity index (χ0n) is 8.26. The van der Waals surface area contributed by atoms with Gasteiger partial charge in [0, 0.05) is 0 Å². The van der Waals surface area contributed by atoms with Gasteiger partial charge in [0.2, 0.25) is 5.71 Å². The Morgan fingerprint density at radius 3 is 2.71 bits per heavy atom. The Morgan fingerprint density at radius 1 is 1.53 bits per heavy atom. The minimum absolute atomic E-state index is 0.230. The maximum Gasteiger partial charge on any atom is 0.201 e. The lowest BCUT2D eigenvalue weighted by Gasteiger charge is -2.06. The third-order valence-corrected chi connectivity index (χ3v) is 3.67. The van der Waals surface area contributed by atoms with Crippen LogP contribution in [0.15, 0.2) is 21.7 Å². The fourth-order valence-electron chi connectivity index (χ4n) is 0.874. The minimum Gasteiger partial charge on any atom is -0.382 e. The van der Waals surface area contributed by atoms with Crippen molar-refractivity contribution in [2.75, 3.05) is 5.43 Å². The van der Waals surface area contributed by atoms with Crippen molar-refractivity contribution in [3.05, 3.63) is 26.7 Å². The first-order valence-corrected chi connectivity index (χ1v) is 5.74. The number of nitrogens with two attached hydrogens (primary N) is 1. The molecule has 1 aromatic carbocycles. The lowest BCUT2D eigenvalue weighted by molar-refractivity contribution is 1.33. The molecule has 1 rings (SSSR count). The van der Waals surface area contributed by atoms with Gasteiger partial charge in [0.1, 0.15) is 6.07 Å². The maximum absolute atomic E-state index is 8.64. The van der Waals surface area contributed by atoms with E-state index in [1.165, 1.54) is 0 Å². The monoisotopic (exact) mass is 333 g/mol. The Labute approximate surface area is 116 Å². The van der Waals surface area contributed by atoms with Crippen LogP contribution in [0.2, 0.25) is 10.0 Å². The molecule has 0 atom stereocenters. The van der Waals surface area contributed by atoms with Crippen LogP contribution in [-0.2, 0) is 0 Å². The molecule has 0 aliphatic rings. The third kappa shape index (κ3) is 3.33. The molecule has 0 fully saturated rings. The van der Waals surface area contributed by atoms with Crippen LogP contribution >= 0.6 is 39.1 Å². The van der Waals surface area contributed by atoms with Crippen LogP contribution in [-0.4, -0.2) is 11.5 Å². The van der Waals surface area contributed by atoms with Gasteiger partial charge < -0.3 is 5.73 Å². The first kappa shape index (κ1) is 13.8. The first-order valence-electron chi connectivity index (χ1n) is 4.19. The van der Waals surface area contributed by atoms with Crippen molar-refractivity contribution in [3.8, 4) is 6.07 Å². The van der Waals surface area contributed by atoms with Gasteiger partial charge in [-0.1, -0.05) is 23.2 Å². The highest BCUT2D eigenvalue weighted by Crippen LogP contribution is 2.35. The highest BCUT2D eigenvalue weighted by molar-refractivity contribution is 9.10. The lowest BCUT2D eigenvalue weighted by atomic mass is 10.3. The van der Waals surface area contributed by atoms with E-state index in [-0.39, 0.29) is 5.71 Å². The van der Waals surface area contributed by atoms with Crippen LogP contribution in [0.3, 0.4) is 0 Å². The number of amidine groups is 1. The Morgan fingerprint density at radius 2 is 2.18 bits per heavy atom. The number of hydrogen-bond donors (Lipinski definition) is 3. The lowest BCUT2D eigenvalue weighted by Crippen LogP contribution is -2.21. The van der Waals surface area contributed by atoms with E-state index in [9.17, 15) is 0 Å². The fraction of sp³-hybridized carbons (Fsp3) is 0. The van der Waals surface area contributed by atoms with Gasteiger partial charge in [-0.25, -0.2) is 0 Å². The molecule has 0 bridgehead atoms. The quantitative estimate of drug-likeness (QED) is 0.343. The predicted molar refractivity (Wildman–Crippen MR) is 72.7 cm³/mol.